The highest BCUT2D eigenvalue weighted by molar-refractivity contribution is 8.18. The average molecular weight is 370 g/mol. The van der Waals surface area contributed by atoms with E-state index in [2.05, 4.69) is 5.32 Å². The van der Waals surface area contributed by atoms with Crippen molar-refractivity contribution in [3.8, 4) is 0 Å². The predicted octanol–water partition coefficient (Wildman–Crippen LogP) is 3.81. The van der Waals surface area contributed by atoms with Crippen molar-refractivity contribution in [3.05, 3.63) is 70.4 Å². The Morgan fingerprint density at radius 2 is 1.85 bits per heavy atom. The fraction of sp³-hybridized carbons (Fsp3) is 0.105. The van der Waals surface area contributed by atoms with Gasteiger partial charge in [-0.05, 0) is 54.1 Å². The molecule has 2 aromatic rings. The lowest BCUT2D eigenvalue weighted by Gasteiger charge is -2.13. The summed E-state index contributed by atoms with van der Waals surface area (Å²) in [6, 6.07) is 12.8. The van der Waals surface area contributed by atoms with Gasteiger partial charge in [0.1, 0.15) is 12.4 Å². The van der Waals surface area contributed by atoms with Crippen LogP contribution < -0.4 is 5.32 Å². The molecule has 26 heavy (non-hydrogen) atoms. The maximum absolute atomic E-state index is 13.0. The summed E-state index contributed by atoms with van der Waals surface area (Å²) in [4.78, 5) is 37.8. The van der Waals surface area contributed by atoms with Gasteiger partial charge in [0.25, 0.3) is 11.1 Å². The Hall–Kier alpha value is -2.93. The molecule has 0 saturated carbocycles. The second kappa shape index (κ2) is 7.53. The van der Waals surface area contributed by atoms with Crippen molar-refractivity contribution < 1.29 is 18.8 Å². The Morgan fingerprint density at radius 3 is 2.54 bits per heavy atom. The molecule has 0 spiro atoms. The van der Waals surface area contributed by atoms with Crippen molar-refractivity contribution in [1.82, 2.24) is 4.90 Å². The maximum Gasteiger partial charge on any atom is 0.294 e. The molecule has 1 aliphatic heterocycles. The number of anilines is 1. The third kappa shape index (κ3) is 4.00. The van der Waals surface area contributed by atoms with Crippen LogP contribution in [0.5, 0.6) is 0 Å². The van der Waals surface area contributed by atoms with E-state index in [0.717, 1.165) is 22.2 Å². The van der Waals surface area contributed by atoms with Crippen LogP contribution in [0.25, 0.3) is 6.08 Å². The van der Waals surface area contributed by atoms with Crippen LogP contribution in [0.1, 0.15) is 11.1 Å². The fourth-order valence-corrected chi connectivity index (χ4v) is 3.23. The van der Waals surface area contributed by atoms with Gasteiger partial charge in [0, 0.05) is 5.69 Å². The SMILES string of the molecule is Cc1ccccc1NC(=O)CN1C(=O)S/C(=C/c2ccc(F)cc2)C1=O. The fourth-order valence-electron chi connectivity index (χ4n) is 2.39. The molecular weight excluding hydrogens is 355 g/mol. The molecule has 0 bridgehead atoms. The Morgan fingerprint density at radius 1 is 1.15 bits per heavy atom. The highest BCUT2D eigenvalue weighted by atomic mass is 32.2. The van der Waals surface area contributed by atoms with E-state index in [-0.39, 0.29) is 17.3 Å². The van der Waals surface area contributed by atoms with Gasteiger partial charge in [-0.25, -0.2) is 4.39 Å². The summed E-state index contributed by atoms with van der Waals surface area (Å²) in [6.45, 7) is 1.49. The minimum Gasteiger partial charge on any atom is -0.324 e. The number of amides is 3. The summed E-state index contributed by atoms with van der Waals surface area (Å²) in [5.41, 5.74) is 2.11. The van der Waals surface area contributed by atoms with E-state index in [9.17, 15) is 18.8 Å². The molecular formula is C19H15FN2O3S. The van der Waals surface area contributed by atoms with E-state index in [1.807, 2.05) is 19.1 Å². The summed E-state index contributed by atoms with van der Waals surface area (Å²) in [7, 11) is 0. The van der Waals surface area contributed by atoms with Crippen LogP contribution >= 0.6 is 11.8 Å². The van der Waals surface area contributed by atoms with Crippen LogP contribution in [0.3, 0.4) is 0 Å². The number of nitrogens with one attached hydrogen (secondary N) is 1. The topological polar surface area (TPSA) is 66.5 Å². The van der Waals surface area contributed by atoms with Gasteiger partial charge in [-0.2, -0.15) is 0 Å². The Labute approximate surface area is 153 Å². The molecule has 5 nitrogen and oxygen atoms in total. The first-order chi connectivity index (χ1) is 12.4. The standard InChI is InChI=1S/C19H15FN2O3S/c1-12-4-2-3-5-15(12)21-17(23)11-22-18(24)16(26-19(22)25)10-13-6-8-14(20)9-7-13/h2-10H,11H2,1H3,(H,21,23)/b16-10+. The minimum absolute atomic E-state index is 0.199. The van der Waals surface area contributed by atoms with Crippen LogP contribution in [-0.2, 0) is 9.59 Å². The molecule has 0 unspecified atom stereocenters. The molecule has 1 N–H and O–H groups in total. The zero-order chi connectivity index (χ0) is 18.7. The quantitative estimate of drug-likeness (QED) is 0.831. The summed E-state index contributed by atoms with van der Waals surface area (Å²) in [6.07, 6.45) is 1.50. The van der Waals surface area contributed by atoms with Crippen LogP contribution in [0, 0.1) is 12.7 Å². The number of hydrogen-bond donors (Lipinski definition) is 1. The first-order valence-corrected chi connectivity index (χ1v) is 8.62. The molecule has 7 heteroatoms. The number of thioether (sulfide) groups is 1. The Balaban J connectivity index is 1.70. The van der Waals surface area contributed by atoms with Crippen molar-refractivity contribution in [1.29, 1.82) is 0 Å². The van der Waals surface area contributed by atoms with Gasteiger partial charge in [0.2, 0.25) is 5.91 Å². The van der Waals surface area contributed by atoms with Crippen molar-refractivity contribution in [3.63, 3.8) is 0 Å². The zero-order valence-electron chi connectivity index (χ0n) is 13.9. The molecule has 0 aromatic heterocycles. The van der Waals surface area contributed by atoms with E-state index in [1.54, 1.807) is 12.1 Å². The molecule has 1 saturated heterocycles. The van der Waals surface area contributed by atoms with Crippen molar-refractivity contribution in [2.75, 3.05) is 11.9 Å². The van der Waals surface area contributed by atoms with Crippen LogP contribution in [-0.4, -0.2) is 28.5 Å². The monoisotopic (exact) mass is 370 g/mol. The third-order valence-corrected chi connectivity index (χ3v) is 4.67. The first-order valence-electron chi connectivity index (χ1n) is 7.80. The molecule has 132 valence electrons. The van der Waals surface area contributed by atoms with E-state index < -0.39 is 17.1 Å². The van der Waals surface area contributed by atoms with Gasteiger partial charge < -0.3 is 5.32 Å². The largest absolute Gasteiger partial charge is 0.324 e. The molecule has 2 aromatic carbocycles. The van der Waals surface area contributed by atoms with E-state index >= 15 is 0 Å². The van der Waals surface area contributed by atoms with Gasteiger partial charge in [-0.1, -0.05) is 30.3 Å². The molecule has 1 heterocycles. The van der Waals surface area contributed by atoms with E-state index in [4.69, 9.17) is 0 Å². The number of nitrogens with zero attached hydrogens (tertiary/aromatic N) is 1. The Kier molecular flexibility index (Phi) is 5.18. The van der Waals surface area contributed by atoms with E-state index in [1.165, 1.54) is 30.3 Å². The van der Waals surface area contributed by atoms with Crippen LogP contribution in [0.15, 0.2) is 53.4 Å². The number of aryl methyl sites for hydroxylation is 1. The number of hydrogen-bond acceptors (Lipinski definition) is 4. The van der Waals surface area contributed by atoms with Crippen LogP contribution in [0.4, 0.5) is 14.9 Å². The normalized spacial score (nSPS) is 15.6. The van der Waals surface area contributed by atoms with Crippen molar-refractivity contribution in [2.24, 2.45) is 0 Å². The molecule has 0 aliphatic carbocycles. The van der Waals surface area contributed by atoms with Gasteiger partial charge in [0.05, 0.1) is 4.91 Å². The summed E-state index contributed by atoms with van der Waals surface area (Å²) in [5, 5.41) is 2.18. The number of rotatable bonds is 4. The third-order valence-electron chi connectivity index (χ3n) is 3.76. The molecule has 3 amide bonds. The highest BCUT2D eigenvalue weighted by Gasteiger charge is 2.36. The van der Waals surface area contributed by atoms with E-state index in [0.29, 0.717) is 11.3 Å². The van der Waals surface area contributed by atoms with Crippen LogP contribution in [0.2, 0.25) is 0 Å². The summed E-state index contributed by atoms with van der Waals surface area (Å²) >= 11 is 0.757. The van der Waals surface area contributed by atoms with Gasteiger partial charge in [0.15, 0.2) is 0 Å². The lowest BCUT2D eigenvalue weighted by molar-refractivity contribution is -0.127. The van der Waals surface area contributed by atoms with Gasteiger partial charge in [-0.3, -0.25) is 19.3 Å². The number of imide groups is 1. The number of para-hydroxylation sites is 1. The lowest BCUT2D eigenvalue weighted by Crippen LogP contribution is -2.36. The molecule has 0 atom stereocenters. The first kappa shape index (κ1) is 17.9. The summed E-state index contributed by atoms with van der Waals surface area (Å²) < 4.78 is 13.0. The molecule has 0 radical (unpaired) electrons. The number of carbonyl (C=O) groups excluding carboxylic acids is 3. The average Bonchev–Trinajstić information content (AvgIpc) is 2.86. The van der Waals surface area contributed by atoms with Gasteiger partial charge >= 0.3 is 0 Å². The number of halogens is 1. The maximum atomic E-state index is 13.0. The molecule has 1 aliphatic rings. The Bertz CT molecular complexity index is 909. The number of benzene rings is 2. The summed E-state index contributed by atoms with van der Waals surface area (Å²) in [5.74, 6) is -1.38. The zero-order valence-corrected chi connectivity index (χ0v) is 14.7. The second-order valence-corrected chi connectivity index (χ2v) is 6.68. The van der Waals surface area contributed by atoms with Crippen molar-refractivity contribution >= 4 is 40.6 Å². The number of carbonyl (C=O) groups is 3. The minimum atomic E-state index is -0.538. The lowest BCUT2D eigenvalue weighted by atomic mass is 10.2. The van der Waals surface area contributed by atoms with Crippen molar-refractivity contribution in [2.45, 2.75) is 6.92 Å². The van der Waals surface area contributed by atoms with Gasteiger partial charge in [-0.15, -0.1) is 0 Å². The predicted molar refractivity (Wildman–Crippen MR) is 98.9 cm³/mol. The molecule has 1 fully saturated rings. The smallest absolute Gasteiger partial charge is 0.294 e. The highest BCUT2D eigenvalue weighted by Crippen LogP contribution is 2.32. The second-order valence-electron chi connectivity index (χ2n) is 5.68. The molecule has 3 rings (SSSR count).